The maximum absolute atomic E-state index is 13.1. The Morgan fingerprint density at radius 3 is 2.36 bits per heavy atom. The van der Waals surface area contributed by atoms with Crippen LogP contribution in [0.25, 0.3) is 6.08 Å². The first-order chi connectivity index (χ1) is 13.5. The maximum atomic E-state index is 13.1. The molecule has 1 N–H and O–H groups in total. The zero-order valence-corrected chi connectivity index (χ0v) is 17.2. The molecule has 0 aliphatic carbocycles. The molecule has 0 saturated carbocycles. The molecule has 0 unspecified atom stereocenters. The van der Waals surface area contributed by atoms with Crippen LogP contribution in [0.3, 0.4) is 0 Å². The summed E-state index contributed by atoms with van der Waals surface area (Å²) in [5.74, 6) is -0.671. The molecule has 1 heterocycles. The van der Waals surface area contributed by atoms with Gasteiger partial charge in [0.2, 0.25) is 9.84 Å². The van der Waals surface area contributed by atoms with E-state index in [0.717, 1.165) is 10.0 Å². The molecular weight excluding hydrogens is 440 g/mol. The zero-order valence-electron chi connectivity index (χ0n) is 14.7. The first-order valence-electron chi connectivity index (χ1n) is 8.41. The summed E-state index contributed by atoms with van der Waals surface area (Å²) in [5.41, 5.74) is 1.38. The largest absolute Gasteiger partial charge is 0.347 e. The van der Waals surface area contributed by atoms with Gasteiger partial charge in [-0.05, 0) is 47.5 Å². The number of nitrogens with one attached hydrogen (secondary N) is 1. The van der Waals surface area contributed by atoms with Gasteiger partial charge >= 0.3 is 0 Å². The third-order valence-electron chi connectivity index (χ3n) is 3.91. The van der Waals surface area contributed by atoms with Crippen LogP contribution in [0, 0.1) is 0 Å². The van der Waals surface area contributed by atoms with E-state index in [1.165, 1.54) is 18.2 Å². The fourth-order valence-electron chi connectivity index (χ4n) is 2.47. The molecule has 28 heavy (non-hydrogen) atoms. The molecule has 2 aromatic carbocycles. The fourth-order valence-corrected chi connectivity index (χ4v) is 4.12. The van der Waals surface area contributed by atoms with E-state index < -0.39 is 15.7 Å². The van der Waals surface area contributed by atoms with Crippen LogP contribution in [0.1, 0.15) is 11.1 Å². The Kier molecular flexibility index (Phi) is 6.38. The molecule has 3 aromatic rings. The monoisotopic (exact) mass is 456 g/mol. The highest BCUT2D eigenvalue weighted by atomic mass is 79.9. The van der Waals surface area contributed by atoms with Crippen molar-refractivity contribution in [3.63, 3.8) is 0 Å². The van der Waals surface area contributed by atoms with Crippen LogP contribution in [0.2, 0.25) is 0 Å². The van der Waals surface area contributed by atoms with Gasteiger partial charge in [0, 0.05) is 23.4 Å². The van der Waals surface area contributed by atoms with E-state index in [9.17, 15) is 13.2 Å². The van der Waals surface area contributed by atoms with Crippen LogP contribution >= 0.6 is 15.9 Å². The Balaban J connectivity index is 1.96. The first kappa shape index (κ1) is 20.0. The first-order valence-corrected chi connectivity index (χ1v) is 10.7. The molecule has 0 aliphatic rings. The van der Waals surface area contributed by atoms with Crippen molar-refractivity contribution >= 4 is 37.8 Å². The van der Waals surface area contributed by atoms with Gasteiger partial charge in [0.05, 0.1) is 4.90 Å². The average molecular weight is 457 g/mol. The normalized spacial score (nSPS) is 11.8. The Morgan fingerprint density at radius 2 is 1.71 bits per heavy atom. The third kappa shape index (κ3) is 4.94. The van der Waals surface area contributed by atoms with Gasteiger partial charge in [-0.1, -0.05) is 52.3 Å². The number of carbonyl (C=O) groups excluding carboxylic acids is 1. The number of hydrogen-bond donors (Lipinski definition) is 1. The molecular formula is C21H17BrN2O3S. The standard InChI is InChI=1S/C21H17BrN2O3S/c22-18-10-8-16(9-11-18)13-20(28(26,27)19-6-2-1-3-7-19)21(25)24-15-17-5-4-12-23-14-17/h1-14H,15H2,(H,24,25)/b20-13-. The molecule has 142 valence electrons. The number of aromatic nitrogens is 1. The number of rotatable bonds is 6. The van der Waals surface area contributed by atoms with Crippen molar-refractivity contribution in [1.82, 2.24) is 10.3 Å². The number of carbonyl (C=O) groups is 1. The molecule has 3 rings (SSSR count). The van der Waals surface area contributed by atoms with E-state index in [1.807, 2.05) is 0 Å². The minimum Gasteiger partial charge on any atom is -0.347 e. The van der Waals surface area contributed by atoms with Crippen molar-refractivity contribution in [3.05, 3.63) is 99.6 Å². The summed E-state index contributed by atoms with van der Waals surface area (Å²) in [7, 11) is -3.99. The van der Waals surface area contributed by atoms with Crippen LogP contribution in [-0.4, -0.2) is 19.3 Å². The minimum absolute atomic E-state index is 0.0647. The molecule has 0 fully saturated rings. The number of benzene rings is 2. The van der Waals surface area contributed by atoms with Crippen molar-refractivity contribution in [2.24, 2.45) is 0 Å². The molecule has 1 amide bonds. The summed E-state index contributed by atoms with van der Waals surface area (Å²) < 4.78 is 27.1. The van der Waals surface area contributed by atoms with Crippen LogP contribution in [0.5, 0.6) is 0 Å². The summed E-state index contributed by atoms with van der Waals surface area (Å²) in [6, 6.07) is 18.5. The number of nitrogens with zero attached hydrogens (tertiary/aromatic N) is 1. The molecule has 5 nitrogen and oxygen atoms in total. The van der Waals surface area contributed by atoms with Crippen LogP contribution in [0.4, 0.5) is 0 Å². The Hall–Kier alpha value is -2.77. The van der Waals surface area contributed by atoms with Gasteiger partial charge in [0.25, 0.3) is 5.91 Å². The lowest BCUT2D eigenvalue weighted by Gasteiger charge is -2.11. The van der Waals surface area contributed by atoms with Crippen LogP contribution in [-0.2, 0) is 21.2 Å². The fraction of sp³-hybridized carbons (Fsp3) is 0.0476. The lowest BCUT2D eigenvalue weighted by atomic mass is 10.2. The van der Waals surface area contributed by atoms with Crippen molar-refractivity contribution in [1.29, 1.82) is 0 Å². The smallest absolute Gasteiger partial charge is 0.263 e. The van der Waals surface area contributed by atoms with E-state index in [4.69, 9.17) is 0 Å². The van der Waals surface area contributed by atoms with Crippen LogP contribution < -0.4 is 5.32 Å². The number of hydrogen-bond acceptors (Lipinski definition) is 4. The zero-order chi connectivity index (χ0) is 20.0. The molecule has 0 atom stereocenters. The van der Waals surface area contributed by atoms with Crippen LogP contribution in [0.15, 0.2) is 93.4 Å². The van der Waals surface area contributed by atoms with Gasteiger partial charge < -0.3 is 5.32 Å². The highest BCUT2D eigenvalue weighted by Gasteiger charge is 2.26. The SMILES string of the molecule is O=C(NCc1cccnc1)/C(=C/c1ccc(Br)cc1)S(=O)(=O)c1ccccc1. The second kappa shape index (κ2) is 8.95. The predicted molar refractivity (Wildman–Crippen MR) is 112 cm³/mol. The quantitative estimate of drug-likeness (QED) is 0.569. The second-order valence-corrected chi connectivity index (χ2v) is 8.75. The van der Waals surface area contributed by atoms with Gasteiger partial charge in [-0.3, -0.25) is 9.78 Å². The minimum atomic E-state index is -3.99. The van der Waals surface area contributed by atoms with Gasteiger partial charge in [-0.2, -0.15) is 0 Å². The molecule has 0 saturated heterocycles. The van der Waals surface area contributed by atoms with Gasteiger partial charge in [0.15, 0.2) is 0 Å². The summed E-state index contributed by atoms with van der Waals surface area (Å²) in [5, 5.41) is 2.67. The Bertz CT molecular complexity index is 1080. The summed E-state index contributed by atoms with van der Waals surface area (Å²) >= 11 is 3.34. The summed E-state index contributed by atoms with van der Waals surface area (Å²) in [4.78, 5) is 16.6. The number of amides is 1. The molecule has 0 bridgehead atoms. The summed E-state index contributed by atoms with van der Waals surface area (Å²) in [6.07, 6.45) is 4.63. The molecule has 0 aliphatic heterocycles. The number of sulfone groups is 1. The highest BCUT2D eigenvalue weighted by Crippen LogP contribution is 2.22. The topological polar surface area (TPSA) is 76.1 Å². The predicted octanol–water partition coefficient (Wildman–Crippen LogP) is 3.98. The molecule has 7 heteroatoms. The van der Waals surface area contributed by atoms with Gasteiger partial charge in [-0.15, -0.1) is 0 Å². The maximum Gasteiger partial charge on any atom is 0.263 e. The van der Waals surface area contributed by atoms with E-state index >= 15 is 0 Å². The van der Waals surface area contributed by atoms with Gasteiger partial charge in [-0.25, -0.2) is 8.42 Å². The Morgan fingerprint density at radius 1 is 1.00 bits per heavy atom. The lowest BCUT2D eigenvalue weighted by molar-refractivity contribution is -0.116. The van der Waals surface area contributed by atoms with Crippen molar-refractivity contribution < 1.29 is 13.2 Å². The second-order valence-electron chi connectivity index (χ2n) is 5.92. The van der Waals surface area contributed by atoms with E-state index in [1.54, 1.807) is 67.0 Å². The average Bonchev–Trinajstić information content (AvgIpc) is 2.73. The van der Waals surface area contributed by atoms with Gasteiger partial charge in [0.1, 0.15) is 4.91 Å². The Labute approximate surface area is 172 Å². The number of halogens is 1. The summed E-state index contributed by atoms with van der Waals surface area (Å²) in [6.45, 7) is 0.175. The lowest BCUT2D eigenvalue weighted by Crippen LogP contribution is -2.28. The molecule has 0 spiro atoms. The van der Waals surface area contributed by atoms with E-state index in [-0.39, 0.29) is 16.3 Å². The van der Waals surface area contributed by atoms with Crippen molar-refractivity contribution in [2.75, 3.05) is 0 Å². The molecule has 0 radical (unpaired) electrons. The third-order valence-corrected chi connectivity index (χ3v) is 6.21. The van der Waals surface area contributed by atoms with E-state index in [0.29, 0.717) is 5.56 Å². The van der Waals surface area contributed by atoms with E-state index in [2.05, 4.69) is 26.2 Å². The highest BCUT2D eigenvalue weighted by molar-refractivity contribution is 9.10. The van der Waals surface area contributed by atoms with Crippen molar-refractivity contribution in [3.8, 4) is 0 Å². The number of pyridine rings is 1. The molecule has 1 aromatic heterocycles. The van der Waals surface area contributed by atoms with Crippen molar-refractivity contribution in [2.45, 2.75) is 11.4 Å².